The van der Waals surface area contributed by atoms with Crippen LogP contribution in [0.5, 0.6) is 0 Å². The van der Waals surface area contributed by atoms with Crippen molar-refractivity contribution in [2.24, 2.45) is 0 Å². The quantitative estimate of drug-likeness (QED) is 0.863. The second-order valence-corrected chi connectivity index (χ2v) is 4.90. The molecule has 1 aliphatic rings. The molecule has 0 bridgehead atoms. The van der Waals surface area contributed by atoms with Crippen LogP contribution in [0.3, 0.4) is 0 Å². The van der Waals surface area contributed by atoms with E-state index in [-0.39, 0.29) is 5.82 Å². The van der Waals surface area contributed by atoms with Crippen molar-refractivity contribution in [1.82, 2.24) is 4.90 Å². The topological polar surface area (TPSA) is 35.9 Å². The zero-order valence-corrected chi connectivity index (χ0v) is 11.3. The number of nitrogens with zero attached hydrogens (tertiary/aromatic N) is 2. The third-order valence-electron chi connectivity index (χ3n) is 3.32. The monoisotopic (exact) mass is 268 g/mol. The van der Waals surface area contributed by atoms with Gasteiger partial charge in [-0.25, -0.2) is 4.39 Å². The molecule has 106 valence electrons. The average molecular weight is 268 g/mol. The summed E-state index contributed by atoms with van der Waals surface area (Å²) in [6.07, 6.45) is -0.497. The molecular formula is C14H21FN2O2. The molecule has 0 aliphatic carbocycles. The van der Waals surface area contributed by atoms with E-state index in [1.807, 2.05) is 0 Å². The molecule has 4 nitrogen and oxygen atoms in total. The van der Waals surface area contributed by atoms with Gasteiger partial charge in [0.1, 0.15) is 5.82 Å². The molecular weight excluding hydrogens is 247 g/mol. The minimum absolute atomic E-state index is 0.261. The zero-order chi connectivity index (χ0) is 13.7. The van der Waals surface area contributed by atoms with Crippen LogP contribution in [0.2, 0.25) is 0 Å². The molecule has 1 fully saturated rings. The van der Waals surface area contributed by atoms with Crippen LogP contribution in [0, 0.1) is 5.82 Å². The molecule has 1 N–H and O–H groups in total. The normalized spacial score (nSPS) is 18.3. The first-order chi connectivity index (χ1) is 9.16. The molecule has 1 saturated heterocycles. The molecule has 0 radical (unpaired) electrons. The molecule has 1 atom stereocenters. The van der Waals surface area contributed by atoms with E-state index in [1.165, 1.54) is 6.07 Å². The lowest BCUT2D eigenvalue weighted by Crippen LogP contribution is -2.44. The van der Waals surface area contributed by atoms with Crippen LogP contribution in [0.25, 0.3) is 0 Å². The first-order valence-corrected chi connectivity index (χ1v) is 6.60. The minimum atomic E-state index is -0.497. The van der Waals surface area contributed by atoms with Gasteiger partial charge in [-0.2, -0.15) is 0 Å². The van der Waals surface area contributed by atoms with E-state index < -0.39 is 6.10 Å². The Hall–Kier alpha value is -1.17. The molecule has 1 heterocycles. The largest absolute Gasteiger partial charge is 0.390 e. The fourth-order valence-corrected chi connectivity index (χ4v) is 2.32. The maximum Gasteiger partial charge on any atom is 0.146 e. The predicted octanol–water partition coefficient (Wildman–Crippen LogP) is 0.955. The summed E-state index contributed by atoms with van der Waals surface area (Å²) >= 11 is 0. The summed E-state index contributed by atoms with van der Waals surface area (Å²) in [7, 11) is 1.79. The second-order valence-electron chi connectivity index (χ2n) is 4.90. The summed E-state index contributed by atoms with van der Waals surface area (Å²) in [5.41, 5.74) is 0.517. The molecule has 19 heavy (non-hydrogen) atoms. The van der Waals surface area contributed by atoms with Gasteiger partial charge >= 0.3 is 0 Å². The van der Waals surface area contributed by atoms with E-state index in [2.05, 4.69) is 4.90 Å². The Kier molecular flexibility index (Phi) is 5.13. The van der Waals surface area contributed by atoms with Gasteiger partial charge in [-0.1, -0.05) is 12.1 Å². The summed E-state index contributed by atoms with van der Waals surface area (Å²) < 4.78 is 18.9. The molecule has 1 aliphatic heterocycles. The summed E-state index contributed by atoms with van der Waals surface area (Å²) in [4.78, 5) is 3.92. The Labute approximate surface area is 113 Å². The van der Waals surface area contributed by atoms with E-state index in [0.717, 1.165) is 26.3 Å². The number of aliphatic hydroxyl groups excluding tert-OH is 1. The lowest BCUT2D eigenvalue weighted by atomic mass is 10.2. The van der Waals surface area contributed by atoms with Crippen molar-refractivity contribution in [1.29, 1.82) is 0 Å². The SMILES string of the molecule is CN(CC(O)CN1CCOCC1)c1ccccc1F. The molecule has 5 heteroatoms. The maximum atomic E-state index is 13.6. The van der Waals surface area contributed by atoms with Gasteiger partial charge in [-0.15, -0.1) is 0 Å². The second kappa shape index (κ2) is 6.84. The number of ether oxygens (including phenoxy) is 1. The van der Waals surface area contributed by atoms with Crippen molar-refractivity contribution < 1.29 is 14.2 Å². The van der Waals surface area contributed by atoms with Gasteiger partial charge in [-0.05, 0) is 12.1 Å². The number of β-amino-alcohol motifs (C(OH)–C–C–N with tert-alkyl or cyclic N) is 1. The van der Waals surface area contributed by atoms with Gasteiger partial charge in [0, 0.05) is 33.2 Å². The smallest absolute Gasteiger partial charge is 0.146 e. The summed E-state index contributed by atoms with van der Waals surface area (Å²) in [5, 5.41) is 10.1. The Morgan fingerprint density at radius 3 is 2.74 bits per heavy atom. The maximum absolute atomic E-state index is 13.6. The van der Waals surface area contributed by atoms with E-state index in [1.54, 1.807) is 30.1 Å². The van der Waals surface area contributed by atoms with Crippen LogP contribution >= 0.6 is 0 Å². The summed E-state index contributed by atoms with van der Waals surface area (Å²) in [6, 6.07) is 6.61. The number of rotatable bonds is 5. The summed E-state index contributed by atoms with van der Waals surface area (Å²) in [6.45, 7) is 4.15. The van der Waals surface area contributed by atoms with Crippen molar-refractivity contribution in [3.8, 4) is 0 Å². The van der Waals surface area contributed by atoms with E-state index in [4.69, 9.17) is 4.74 Å². The number of aliphatic hydroxyl groups is 1. The molecule has 0 aromatic heterocycles. The molecule has 2 rings (SSSR count). The van der Waals surface area contributed by atoms with Crippen LogP contribution in [0.15, 0.2) is 24.3 Å². The van der Waals surface area contributed by atoms with Gasteiger partial charge in [0.15, 0.2) is 0 Å². The molecule has 1 unspecified atom stereocenters. The van der Waals surface area contributed by atoms with E-state index in [0.29, 0.717) is 18.8 Å². The lowest BCUT2D eigenvalue weighted by Gasteiger charge is -2.30. The lowest BCUT2D eigenvalue weighted by molar-refractivity contribution is 0.0162. The van der Waals surface area contributed by atoms with Gasteiger partial charge < -0.3 is 14.7 Å². The molecule has 0 spiro atoms. The van der Waals surface area contributed by atoms with Crippen LogP contribution in [0.4, 0.5) is 10.1 Å². The standard InChI is InChI=1S/C14H21FN2O2/c1-16(14-5-3-2-4-13(14)15)10-12(18)11-17-6-8-19-9-7-17/h2-5,12,18H,6-11H2,1H3. The van der Waals surface area contributed by atoms with E-state index >= 15 is 0 Å². The number of anilines is 1. The van der Waals surface area contributed by atoms with E-state index in [9.17, 15) is 9.50 Å². The Bertz CT molecular complexity index is 397. The van der Waals surface area contributed by atoms with Crippen LogP contribution in [-0.2, 0) is 4.74 Å². The Balaban J connectivity index is 1.84. The number of hydrogen-bond donors (Lipinski definition) is 1. The first kappa shape index (κ1) is 14.2. The van der Waals surface area contributed by atoms with Crippen molar-refractivity contribution >= 4 is 5.69 Å². The number of para-hydroxylation sites is 1. The summed E-state index contributed by atoms with van der Waals surface area (Å²) in [5.74, 6) is -0.261. The van der Waals surface area contributed by atoms with Crippen LogP contribution < -0.4 is 4.90 Å². The number of halogens is 1. The Morgan fingerprint density at radius 1 is 1.37 bits per heavy atom. The number of hydrogen-bond acceptors (Lipinski definition) is 4. The molecule has 1 aromatic carbocycles. The predicted molar refractivity (Wildman–Crippen MR) is 72.9 cm³/mol. The number of likely N-dealkylation sites (N-methyl/N-ethyl adjacent to an activating group) is 1. The molecule has 1 aromatic rings. The van der Waals surface area contributed by atoms with Crippen LogP contribution in [-0.4, -0.2) is 62.6 Å². The number of morpholine rings is 1. The van der Waals surface area contributed by atoms with Crippen molar-refractivity contribution in [3.63, 3.8) is 0 Å². The molecule has 0 amide bonds. The highest BCUT2D eigenvalue weighted by atomic mass is 19.1. The highest BCUT2D eigenvalue weighted by Gasteiger charge is 2.17. The van der Waals surface area contributed by atoms with Gasteiger partial charge in [-0.3, -0.25) is 4.90 Å². The highest BCUT2D eigenvalue weighted by Crippen LogP contribution is 2.17. The van der Waals surface area contributed by atoms with Crippen LogP contribution in [0.1, 0.15) is 0 Å². The third kappa shape index (κ3) is 4.16. The fraction of sp³-hybridized carbons (Fsp3) is 0.571. The van der Waals surface area contributed by atoms with Crippen molar-refractivity contribution in [2.45, 2.75) is 6.10 Å². The van der Waals surface area contributed by atoms with Crippen molar-refractivity contribution in [2.75, 3.05) is 51.3 Å². The first-order valence-electron chi connectivity index (χ1n) is 6.60. The van der Waals surface area contributed by atoms with Gasteiger partial charge in [0.05, 0.1) is 25.0 Å². The molecule has 0 saturated carbocycles. The third-order valence-corrected chi connectivity index (χ3v) is 3.32. The average Bonchev–Trinajstić information content (AvgIpc) is 2.40. The number of benzene rings is 1. The fourth-order valence-electron chi connectivity index (χ4n) is 2.32. The zero-order valence-electron chi connectivity index (χ0n) is 11.3. The Morgan fingerprint density at radius 2 is 2.05 bits per heavy atom. The van der Waals surface area contributed by atoms with Gasteiger partial charge in [0.25, 0.3) is 0 Å². The highest BCUT2D eigenvalue weighted by molar-refractivity contribution is 5.46. The van der Waals surface area contributed by atoms with Crippen molar-refractivity contribution in [3.05, 3.63) is 30.1 Å². The van der Waals surface area contributed by atoms with Gasteiger partial charge in [0.2, 0.25) is 0 Å². The minimum Gasteiger partial charge on any atom is -0.390 e.